The van der Waals surface area contributed by atoms with Gasteiger partial charge in [0.1, 0.15) is 23.4 Å². The van der Waals surface area contributed by atoms with Crippen LogP contribution < -0.4 is 5.48 Å². The fraction of sp³-hybridized carbons (Fsp3) is 0.263. The van der Waals surface area contributed by atoms with Gasteiger partial charge >= 0.3 is 0 Å². The zero-order valence-corrected chi connectivity index (χ0v) is 15.2. The molecule has 0 fully saturated rings. The van der Waals surface area contributed by atoms with E-state index >= 15 is 0 Å². The topological polar surface area (TPSA) is 117 Å². The number of pyridine rings is 1. The first kappa shape index (κ1) is 20.8. The predicted octanol–water partition coefficient (Wildman–Crippen LogP) is 1.35. The maximum atomic E-state index is 14.1. The Morgan fingerprint density at radius 2 is 2.07 bits per heavy atom. The van der Waals surface area contributed by atoms with E-state index in [0.717, 1.165) is 12.1 Å². The average molecular weight is 407 g/mol. The minimum atomic E-state index is -1.03. The van der Waals surface area contributed by atoms with Gasteiger partial charge in [0.05, 0.1) is 38.1 Å². The number of aromatic nitrogens is 2. The Kier molecular flexibility index (Phi) is 6.49. The lowest BCUT2D eigenvalue weighted by atomic mass is 10.2. The summed E-state index contributed by atoms with van der Waals surface area (Å²) < 4.78 is 34.3. The van der Waals surface area contributed by atoms with Gasteiger partial charge < -0.3 is 19.5 Å². The number of benzene rings is 1. The van der Waals surface area contributed by atoms with Crippen molar-refractivity contribution in [3.63, 3.8) is 0 Å². The molecule has 0 saturated carbocycles. The van der Waals surface area contributed by atoms with E-state index in [1.807, 2.05) is 0 Å². The van der Waals surface area contributed by atoms with Gasteiger partial charge in [-0.05, 0) is 12.1 Å². The maximum Gasteiger partial charge on any atom is 0.293 e. The molecule has 0 bridgehead atoms. The molecule has 0 saturated heterocycles. The molecule has 1 atom stereocenters. The molecule has 1 aromatic carbocycles. The number of halogens is 2. The van der Waals surface area contributed by atoms with Gasteiger partial charge in [-0.15, -0.1) is 0 Å². The van der Waals surface area contributed by atoms with Gasteiger partial charge in [-0.25, -0.2) is 19.2 Å². The molecule has 1 amide bonds. The van der Waals surface area contributed by atoms with Crippen molar-refractivity contribution >= 4 is 16.8 Å². The number of nitrogens with zero attached hydrogens (tertiary/aromatic N) is 2. The van der Waals surface area contributed by atoms with Gasteiger partial charge in [0, 0.05) is 28.8 Å². The quantitative estimate of drug-likeness (QED) is 0.331. The van der Waals surface area contributed by atoms with Crippen LogP contribution in [0.5, 0.6) is 0 Å². The predicted molar refractivity (Wildman–Crippen MR) is 97.2 cm³/mol. The highest BCUT2D eigenvalue weighted by Crippen LogP contribution is 2.24. The van der Waals surface area contributed by atoms with Crippen LogP contribution in [-0.2, 0) is 17.9 Å². The molecule has 0 radical (unpaired) electrons. The Bertz CT molecular complexity index is 1020. The summed E-state index contributed by atoms with van der Waals surface area (Å²) >= 11 is 0. The second kappa shape index (κ2) is 9.05. The van der Waals surface area contributed by atoms with Crippen molar-refractivity contribution in [1.29, 1.82) is 0 Å². The number of nitrogens with one attached hydrogen (secondary N) is 1. The minimum absolute atomic E-state index is 0.0384. The summed E-state index contributed by atoms with van der Waals surface area (Å²) in [5.41, 5.74) is 2.89. The fourth-order valence-corrected chi connectivity index (χ4v) is 2.88. The Morgan fingerprint density at radius 1 is 1.28 bits per heavy atom. The number of carbonyl (C=O) groups is 1. The monoisotopic (exact) mass is 407 g/mol. The Labute approximate surface area is 163 Å². The van der Waals surface area contributed by atoms with Gasteiger partial charge in [-0.3, -0.25) is 10.0 Å². The number of ether oxygens (including phenoxy) is 1. The number of hydrogen-bond donors (Lipinski definition) is 4. The summed E-state index contributed by atoms with van der Waals surface area (Å²) in [6.07, 6.45) is 2.03. The van der Waals surface area contributed by atoms with Crippen LogP contribution in [0.2, 0.25) is 0 Å². The standard InChI is InChI=1S/C19H19F2N3O5/c20-13-2-1-11(16(21)3-13)6-24-7-12(9-29-10-14(26)8-25)15-4-17(19(27)23-28)22-5-18(15)24/h1-5,7,14,25-26,28H,6,8-10H2,(H,23,27)/t14-/m1/s1. The van der Waals surface area contributed by atoms with Crippen LogP contribution in [0, 0.1) is 11.6 Å². The highest BCUT2D eigenvalue weighted by Gasteiger charge is 2.15. The number of hydroxylamine groups is 1. The third kappa shape index (κ3) is 4.74. The summed E-state index contributed by atoms with van der Waals surface area (Å²) in [6, 6.07) is 4.74. The van der Waals surface area contributed by atoms with Gasteiger partial charge in [-0.1, -0.05) is 6.07 Å². The lowest BCUT2D eigenvalue weighted by Crippen LogP contribution is -2.20. The number of aliphatic hydroxyl groups excluding tert-OH is 2. The largest absolute Gasteiger partial charge is 0.394 e. The van der Waals surface area contributed by atoms with E-state index < -0.39 is 30.3 Å². The molecule has 0 aliphatic rings. The average Bonchev–Trinajstić information content (AvgIpc) is 3.06. The van der Waals surface area contributed by atoms with Crippen molar-refractivity contribution in [3.05, 3.63) is 65.1 Å². The van der Waals surface area contributed by atoms with Crippen LogP contribution >= 0.6 is 0 Å². The van der Waals surface area contributed by atoms with E-state index in [-0.39, 0.29) is 31.0 Å². The number of carbonyl (C=O) groups excluding carboxylic acids is 1. The first-order chi connectivity index (χ1) is 13.9. The highest BCUT2D eigenvalue weighted by atomic mass is 19.1. The van der Waals surface area contributed by atoms with Gasteiger partial charge in [-0.2, -0.15) is 0 Å². The molecule has 2 heterocycles. The van der Waals surface area contributed by atoms with Crippen molar-refractivity contribution in [2.45, 2.75) is 19.3 Å². The van der Waals surface area contributed by atoms with E-state index in [4.69, 9.17) is 15.1 Å². The third-order valence-electron chi connectivity index (χ3n) is 4.32. The number of rotatable bonds is 8. The molecule has 4 N–H and O–H groups in total. The SMILES string of the molecule is O=C(NO)c1cc2c(COC[C@H](O)CO)cn(Cc3ccc(F)cc3F)c2cn1. The molecule has 10 heteroatoms. The van der Waals surface area contributed by atoms with Gasteiger partial charge in [0.25, 0.3) is 5.91 Å². The smallest absolute Gasteiger partial charge is 0.293 e. The number of aliphatic hydroxyl groups is 2. The summed E-state index contributed by atoms with van der Waals surface area (Å²) in [7, 11) is 0. The Morgan fingerprint density at radius 3 is 2.76 bits per heavy atom. The molecule has 0 aliphatic carbocycles. The number of fused-ring (bicyclic) bond motifs is 1. The van der Waals surface area contributed by atoms with Crippen molar-refractivity contribution < 1.29 is 33.7 Å². The summed E-state index contributed by atoms with van der Waals surface area (Å²) in [6.45, 7) is -0.438. The zero-order chi connectivity index (χ0) is 21.0. The summed E-state index contributed by atoms with van der Waals surface area (Å²) in [4.78, 5) is 15.7. The molecule has 3 rings (SSSR count). The summed E-state index contributed by atoms with van der Waals surface area (Å²) in [5, 5.41) is 27.7. The van der Waals surface area contributed by atoms with Crippen LogP contribution in [-0.4, -0.2) is 50.2 Å². The third-order valence-corrected chi connectivity index (χ3v) is 4.32. The second-order valence-electron chi connectivity index (χ2n) is 6.40. The van der Waals surface area contributed by atoms with Crippen molar-refractivity contribution in [2.75, 3.05) is 13.2 Å². The molecular formula is C19H19F2N3O5. The lowest BCUT2D eigenvalue weighted by molar-refractivity contribution is 0.000280. The minimum Gasteiger partial charge on any atom is -0.394 e. The van der Waals surface area contributed by atoms with Crippen LogP contribution in [0.3, 0.4) is 0 Å². The number of hydrogen-bond acceptors (Lipinski definition) is 6. The van der Waals surface area contributed by atoms with Crippen molar-refractivity contribution in [2.24, 2.45) is 0 Å². The normalized spacial score (nSPS) is 12.3. The van der Waals surface area contributed by atoms with E-state index in [1.54, 1.807) is 10.8 Å². The lowest BCUT2D eigenvalue weighted by Gasteiger charge is -2.07. The number of amides is 1. The molecule has 0 spiro atoms. The van der Waals surface area contributed by atoms with Gasteiger partial charge in [0.2, 0.25) is 0 Å². The molecule has 3 aromatic rings. The summed E-state index contributed by atoms with van der Waals surface area (Å²) in [5.74, 6) is -2.17. The van der Waals surface area contributed by atoms with E-state index in [0.29, 0.717) is 16.5 Å². The molecule has 29 heavy (non-hydrogen) atoms. The van der Waals surface area contributed by atoms with Crippen molar-refractivity contribution in [1.82, 2.24) is 15.0 Å². The van der Waals surface area contributed by atoms with E-state index in [2.05, 4.69) is 4.98 Å². The zero-order valence-electron chi connectivity index (χ0n) is 15.2. The maximum absolute atomic E-state index is 14.1. The first-order valence-corrected chi connectivity index (χ1v) is 8.65. The first-order valence-electron chi connectivity index (χ1n) is 8.65. The Balaban J connectivity index is 1.97. The molecular weight excluding hydrogens is 388 g/mol. The van der Waals surface area contributed by atoms with Crippen LogP contribution in [0.1, 0.15) is 21.6 Å². The highest BCUT2D eigenvalue weighted by molar-refractivity contribution is 5.96. The van der Waals surface area contributed by atoms with E-state index in [9.17, 15) is 18.7 Å². The Hall–Kier alpha value is -2.92. The molecule has 0 aliphatic heterocycles. The molecule has 154 valence electrons. The van der Waals surface area contributed by atoms with Gasteiger partial charge in [0.15, 0.2) is 0 Å². The molecule has 8 nitrogen and oxygen atoms in total. The molecule has 0 unspecified atom stereocenters. The van der Waals surface area contributed by atoms with Crippen LogP contribution in [0.25, 0.3) is 10.9 Å². The fourth-order valence-electron chi connectivity index (χ4n) is 2.88. The molecule has 2 aromatic heterocycles. The second-order valence-corrected chi connectivity index (χ2v) is 6.40. The van der Waals surface area contributed by atoms with E-state index in [1.165, 1.54) is 23.8 Å². The van der Waals surface area contributed by atoms with Crippen LogP contribution in [0.4, 0.5) is 8.78 Å². The van der Waals surface area contributed by atoms with Crippen LogP contribution in [0.15, 0.2) is 36.7 Å². The van der Waals surface area contributed by atoms with Crippen molar-refractivity contribution in [3.8, 4) is 0 Å².